The smallest absolute Gasteiger partial charge is 0.00201 e. The Bertz CT molecular complexity index is 3130. The van der Waals surface area contributed by atoms with E-state index in [9.17, 15) is 0 Å². The highest BCUT2D eigenvalue weighted by atomic mass is 14.2. The van der Waals surface area contributed by atoms with Crippen molar-refractivity contribution in [3.05, 3.63) is 182 Å². The van der Waals surface area contributed by atoms with Crippen LogP contribution in [-0.4, -0.2) is 0 Å². The maximum atomic E-state index is 2.44. The Morgan fingerprint density at radius 1 is 0.220 bits per heavy atom. The number of rotatable bonds is 3. The lowest BCUT2D eigenvalue weighted by molar-refractivity contribution is 1.66. The second-order valence-corrected chi connectivity index (χ2v) is 13.6. The largest absolute Gasteiger partial charge is 0.0616 e. The molecule has 0 saturated carbocycles. The first-order valence-corrected chi connectivity index (χ1v) is 17.4. The maximum absolute atomic E-state index is 2.44. The van der Waals surface area contributed by atoms with E-state index in [1.807, 2.05) is 0 Å². The Kier molecular flexibility index (Phi) is 5.76. The molecule has 0 spiro atoms. The summed E-state index contributed by atoms with van der Waals surface area (Å²) in [6.45, 7) is 0. The van der Waals surface area contributed by atoms with Crippen molar-refractivity contribution in [1.29, 1.82) is 0 Å². The van der Waals surface area contributed by atoms with E-state index in [0.717, 1.165) is 0 Å². The number of benzene rings is 11. The minimum atomic E-state index is 1.22. The molecule has 11 aromatic rings. The van der Waals surface area contributed by atoms with Gasteiger partial charge in [0.2, 0.25) is 0 Å². The quantitative estimate of drug-likeness (QED) is 0.135. The summed E-state index contributed by atoms with van der Waals surface area (Å²) in [6, 6.07) is 67.8. The molecule has 11 rings (SSSR count). The van der Waals surface area contributed by atoms with E-state index in [4.69, 9.17) is 0 Å². The fraction of sp³-hybridized carbons (Fsp3) is 0. The molecule has 0 radical (unpaired) electrons. The molecule has 0 saturated heterocycles. The fourth-order valence-corrected chi connectivity index (χ4v) is 8.63. The van der Waals surface area contributed by atoms with Crippen molar-refractivity contribution in [1.82, 2.24) is 0 Å². The van der Waals surface area contributed by atoms with Gasteiger partial charge in [-0.15, -0.1) is 0 Å². The van der Waals surface area contributed by atoms with Gasteiger partial charge in [0.05, 0.1) is 0 Å². The summed E-state index contributed by atoms with van der Waals surface area (Å²) in [5.74, 6) is 0. The molecule has 0 nitrogen and oxygen atoms in total. The molecule has 0 aliphatic rings. The van der Waals surface area contributed by atoms with Crippen LogP contribution in [0.4, 0.5) is 0 Å². The normalized spacial score (nSPS) is 12.0. The van der Waals surface area contributed by atoms with Crippen molar-refractivity contribution in [2.45, 2.75) is 0 Å². The molecule has 0 aliphatic heterocycles. The van der Waals surface area contributed by atoms with Crippen molar-refractivity contribution < 1.29 is 0 Å². The van der Waals surface area contributed by atoms with E-state index in [1.165, 1.54) is 109 Å². The zero-order valence-corrected chi connectivity index (χ0v) is 27.3. The van der Waals surface area contributed by atoms with Crippen LogP contribution in [0.25, 0.3) is 109 Å². The van der Waals surface area contributed by atoms with Gasteiger partial charge in [0.15, 0.2) is 0 Å². The molecule has 230 valence electrons. The van der Waals surface area contributed by atoms with Gasteiger partial charge in [-0.05, 0) is 127 Å². The van der Waals surface area contributed by atoms with Gasteiger partial charge in [-0.25, -0.2) is 0 Å². The van der Waals surface area contributed by atoms with Crippen LogP contribution in [-0.2, 0) is 0 Å². The minimum absolute atomic E-state index is 1.22. The molecule has 0 N–H and O–H groups in total. The van der Waals surface area contributed by atoms with Crippen LogP contribution >= 0.6 is 0 Å². The molecule has 11 aromatic carbocycles. The standard InChI is InChI=1S/C50H30/c1-3-10-36-28-38(20-16-31(36)8-1)39-24-27-45-46(30-39)48(40-21-17-32-9-2-4-11-37(32)29-40)41-14-5-6-15-42(41)50(45)44-26-23-35-19-18-33-12-7-13-34-22-25-43(44)49(35)47(33)34/h1-30H. The second kappa shape index (κ2) is 10.5. The lowest BCUT2D eigenvalue weighted by atomic mass is 9.82. The van der Waals surface area contributed by atoms with E-state index in [-0.39, 0.29) is 0 Å². The fourth-order valence-electron chi connectivity index (χ4n) is 8.63. The van der Waals surface area contributed by atoms with Gasteiger partial charge >= 0.3 is 0 Å². The summed E-state index contributed by atoms with van der Waals surface area (Å²) >= 11 is 0. The molecule has 0 aromatic heterocycles. The SMILES string of the molecule is c1ccc2cc(-c3ccc4c(-c5ccc6ccc7cccc8ccc5c6c78)c5ccccc5c(-c5ccc6ccccc6c5)c4c3)ccc2c1. The van der Waals surface area contributed by atoms with Crippen molar-refractivity contribution in [3.8, 4) is 33.4 Å². The molecule has 50 heavy (non-hydrogen) atoms. The molecular formula is C50H30. The molecule has 0 atom stereocenters. The van der Waals surface area contributed by atoms with Crippen LogP contribution < -0.4 is 0 Å². The number of fused-ring (bicyclic) bond motifs is 4. The summed E-state index contributed by atoms with van der Waals surface area (Å²) in [5.41, 5.74) is 7.55. The highest BCUT2D eigenvalue weighted by Crippen LogP contribution is 2.48. The topological polar surface area (TPSA) is 0 Å². The Morgan fingerprint density at radius 2 is 0.680 bits per heavy atom. The van der Waals surface area contributed by atoms with Crippen molar-refractivity contribution in [3.63, 3.8) is 0 Å². The molecule has 0 aliphatic carbocycles. The zero-order valence-electron chi connectivity index (χ0n) is 27.3. The molecule has 0 heteroatoms. The van der Waals surface area contributed by atoms with Crippen LogP contribution in [0.5, 0.6) is 0 Å². The van der Waals surface area contributed by atoms with Crippen LogP contribution in [0.15, 0.2) is 182 Å². The number of hydrogen-bond acceptors (Lipinski definition) is 0. The van der Waals surface area contributed by atoms with Crippen LogP contribution in [0.3, 0.4) is 0 Å². The Morgan fingerprint density at radius 3 is 1.42 bits per heavy atom. The Balaban J connectivity index is 1.28. The predicted octanol–water partition coefficient (Wildman–Crippen LogP) is 14.2. The average molecular weight is 631 g/mol. The molecule has 0 unspecified atom stereocenters. The first-order valence-electron chi connectivity index (χ1n) is 17.4. The Labute approximate surface area is 289 Å². The van der Waals surface area contributed by atoms with Gasteiger partial charge in [0, 0.05) is 0 Å². The van der Waals surface area contributed by atoms with Crippen molar-refractivity contribution in [2.24, 2.45) is 0 Å². The van der Waals surface area contributed by atoms with Crippen molar-refractivity contribution in [2.75, 3.05) is 0 Å². The van der Waals surface area contributed by atoms with E-state index in [1.54, 1.807) is 0 Å². The molecule has 0 fully saturated rings. The summed E-state index contributed by atoms with van der Waals surface area (Å²) in [5, 5.41) is 18.0. The molecule has 0 heterocycles. The third-order valence-electron chi connectivity index (χ3n) is 10.9. The summed E-state index contributed by atoms with van der Waals surface area (Å²) in [7, 11) is 0. The molecule has 0 bridgehead atoms. The summed E-state index contributed by atoms with van der Waals surface area (Å²) < 4.78 is 0. The maximum Gasteiger partial charge on any atom is -0.00201 e. The summed E-state index contributed by atoms with van der Waals surface area (Å²) in [6.07, 6.45) is 0. The van der Waals surface area contributed by atoms with Gasteiger partial charge < -0.3 is 0 Å². The van der Waals surface area contributed by atoms with Crippen LogP contribution in [0.1, 0.15) is 0 Å². The van der Waals surface area contributed by atoms with Gasteiger partial charge in [0.25, 0.3) is 0 Å². The molecular weight excluding hydrogens is 601 g/mol. The van der Waals surface area contributed by atoms with Crippen molar-refractivity contribution >= 4 is 75.4 Å². The number of hydrogen-bond donors (Lipinski definition) is 0. The third kappa shape index (κ3) is 4.00. The first-order chi connectivity index (χ1) is 24.8. The van der Waals surface area contributed by atoms with E-state index in [2.05, 4.69) is 182 Å². The highest BCUT2D eigenvalue weighted by Gasteiger charge is 2.20. The lowest BCUT2D eigenvalue weighted by Crippen LogP contribution is -1.93. The molecule has 0 amide bonds. The van der Waals surface area contributed by atoms with Gasteiger partial charge in [0.1, 0.15) is 0 Å². The minimum Gasteiger partial charge on any atom is -0.0616 e. The van der Waals surface area contributed by atoms with Gasteiger partial charge in [-0.3, -0.25) is 0 Å². The highest BCUT2D eigenvalue weighted by molar-refractivity contribution is 6.29. The predicted molar refractivity (Wildman–Crippen MR) is 216 cm³/mol. The van der Waals surface area contributed by atoms with Crippen LogP contribution in [0.2, 0.25) is 0 Å². The zero-order chi connectivity index (χ0) is 32.8. The van der Waals surface area contributed by atoms with Crippen LogP contribution in [0, 0.1) is 0 Å². The van der Waals surface area contributed by atoms with E-state index < -0.39 is 0 Å². The first kappa shape index (κ1) is 27.5. The second-order valence-electron chi connectivity index (χ2n) is 13.6. The lowest BCUT2D eigenvalue weighted by Gasteiger charge is -2.21. The van der Waals surface area contributed by atoms with Gasteiger partial charge in [-0.2, -0.15) is 0 Å². The monoisotopic (exact) mass is 630 g/mol. The third-order valence-corrected chi connectivity index (χ3v) is 10.9. The van der Waals surface area contributed by atoms with E-state index in [0.29, 0.717) is 0 Å². The summed E-state index contributed by atoms with van der Waals surface area (Å²) in [4.78, 5) is 0. The van der Waals surface area contributed by atoms with E-state index >= 15 is 0 Å². The average Bonchev–Trinajstić information content (AvgIpc) is 3.18. The van der Waals surface area contributed by atoms with Gasteiger partial charge in [-0.1, -0.05) is 164 Å². The Hall–Kier alpha value is -6.50.